The molecule has 0 aliphatic carbocycles. The van der Waals surface area contributed by atoms with Crippen molar-refractivity contribution in [2.24, 2.45) is 16.8 Å². The normalized spacial score (nSPS) is 18.5. The van der Waals surface area contributed by atoms with E-state index in [1.807, 2.05) is 0 Å². The number of nitrogens with zero attached hydrogens (tertiary/aromatic N) is 2. The maximum Gasteiger partial charge on any atom is 0.267 e. The number of hydrazone groups is 1. The summed E-state index contributed by atoms with van der Waals surface area (Å²) in [6.45, 7) is 5.57. The fourth-order valence-corrected chi connectivity index (χ4v) is 4.02. The predicted molar refractivity (Wildman–Crippen MR) is 147 cm³/mol. The fraction of sp³-hybridized carbons (Fsp3) is 0.680. The van der Waals surface area contributed by atoms with Crippen LogP contribution in [0.15, 0.2) is 5.10 Å². The second-order valence-corrected chi connectivity index (χ2v) is 10.4. The molecule has 0 aromatic rings. The van der Waals surface area contributed by atoms with Gasteiger partial charge >= 0.3 is 0 Å². The maximum atomic E-state index is 12.9. The lowest BCUT2D eigenvalue weighted by Gasteiger charge is -2.24. The van der Waals surface area contributed by atoms with Gasteiger partial charge in [0.15, 0.2) is 5.78 Å². The molecule has 1 aliphatic rings. The third kappa shape index (κ3) is 11.5. The number of aliphatic hydroxyl groups is 2. The van der Waals surface area contributed by atoms with Crippen molar-refractivity contribution in [2.75, 3.05) is 13.2 Å². The maximum absolute atomic E-state index is 12.9. The minimum atomic E-state index is -1.64. The lowest BCUT2D eigenvalue weighted by molar-refractivity contribution is -0.135. The predicted octanol–water partition coefficient (Wildman–Crippen LogP) is -3.93. The van der Waals surface area contributed by atoms with Crippen LogP contribution in [0.25, 0.3) is 0 Å². The zero-order chi connectivity index (χ0) is 32.1. The number of rotatable bonds is 16. The Bertz CT molecular complexity index is 1050. The molecule has 17 nitrogen and oxygen atoms in total. The molecule has 6 amide bonds. The third-order valence-electron chi connectivity index (χ3n) is 6.32. The van der Waals surface area contributed by atoms with E-state index >= 15 is 0 Å². The van der Waals surface area contributed by atoms with E-state index in [-0.39, 0.29) is 18.9 Å². The van der Waals surface area contributed by atoms with Crippen molar-refractivity contribution in [2.45, 2.75) is 89.7 Å². The first-order valence-electron chi connectivity index (χ1n) is 13.4. The zero-order valence-electron chi connectivity index (χ0n) is 24.1. The number of carbonyl (C=O) groups is 7. The highest BCUT2D eigenvalue weighted by Crippen LogP contribution is 2.17. The summed E-state index contributed by atoms with van der Waals surface area (Å²) >= 11 is 0. The molecule has 1 fully saturated rings. The summed E-state index contributed by atoms with van der Waals surface area (Å²) in [4.78, 5) is 87.4. The van der Waals surface area contributed by atoms with Gasteiger partial charge in [-0.3, -0.25) is 33.6 Å². The number of aliphatic hydroxyl groups excluding tert-OH is 2. The van der Waals surface area contributed by atoms with E-state index in [9.17, 15) is 43.8 Å². The molecule has 0 bridgehead atoms. The molecule has 42 heavy (non-hydrogen) atoms. The largest absolute Gasteiger partial charge is 0.394 e. The highest BCUT2D eigenvalue weighted by atomic mass is 16.3. The average molecular weight is 598 g/mol. The monoisotopic (exact) mass is 597 g/mol. The fourth-order valence-electron chi connectivity index (χ4n) is 4.02. The van der Waals surface area contributed by atoms with Gasteiger partial charge in [0.1, 0.15) is 36.4 Å². The molecule has 1 saturated heterocycles. The van der Waals surface area contributed by atoms with Crippen molar-refractivity contribution >= 4 is 47.4 Å². The molecular weight excluding hydrogens is 556 g/mol. The van der Waals surface area contributed by atoms with E-state index in [1.54, 1.807) is 13.8 Å². The third-order valence-corrected chi connectivity index (χ3v) is 6.32. The first kappa shape index (κ1) is 36.1. The Labute approximate surface area is 243 Å². The van der Waals surface area contributed by atoms with Gasteiger partial charge in [-0.05, 0) is 39.0 Å². The summed E-state index contributed by atoms with van der Waals surface area (Å²) in [6, 6.07) is -6.38. The molecule has 0 aromatic carbocycles. The van der Waals surface area contributed by atoms with E-state index < -0.39 is 90.6 Å². The summed E-state index contributed by atoms with van der Waals surface area (Å²) < 4.78 is 0. The molecule has 0 unspecified atom stereocenters. The Kier molecular flexibility index (Phi) is 14.7. The Morgan fingerprint density at radius 1 is 1.00 bits per heavy atom. The van der Waals surface area contributed by atoms with Crippen molar-refractivity contribution in [3.8, 4) is 0 Å². The molecular formula is C25H41N8O9. The van der Waals surface area contributed by atoms with Gasteiger partial charge in [0.25, 0.3) is 11.8 Å². The number of nitrogens with two attached hydrogens (primary N) is 1. The van der Waals surface area contributed by atoms with Crippen molar-refractivity contribution < 1.29 is 43.8 Å². The first-order valence-corrected chi connectivity index (χ1v) is 13.4. The number of likely N-dealkylation sites (tertiary alicyclic amines) is 1. The van der Waals surface area contributed by atoms with Gasteiger partial charge in [0, 0.05) is 6.54 Å². The van der Waals surface area contributed by atoms with E-state index in [0.717, 1.165) is 6.21 Å². The second-order valence-electron chi connectivity index (χ2n) is 10.4. The number of nitrogens with one attached hydrogen (secondary N) is 5. The molecule has 17 heteroatoms. The smallest absolute Gasteiger partial charge is 0.267 e. The first-order chi connectivity index (χ1) is 19.6. The van der Waals surface area contributed by atoms with E-state index in [4.69, 9.17) is 11.5 Å². The Balaban J connectivity index is 2.91. The molecule has 0 spiro atoms. The van der Waals surface area contributed by atoms with Crippen LogP contribution in [0.3, 0.4) is 0 Å². The van der Waals surface area contributed by atoms with E-state index in [2.05, 4.69) is 26.5 Å². The van der Waals surface area contributed by atoms with E-state index in [0.29, 0.717) is 12.8 Å². The van der Waals surface area contributed by atoms with Crippen molar-refractivity contribution in [3.05, 3.63) is 0 Å². The number of amides is 6. The SMILES string of the molecule is CC(=O)[C@H](CO)NC(=O)[C@@H]1CCCN1C(=O)/C=N/NC(=O)[C@H](CC(C)C)NC(=O)[C@H](CC(N)=O)NC(=O)[C@@H]([NH])[C@H](C)O. The highest BCUT2D eigenvalue weighted by Gasteiger charge is 2.35. The molecule has 0 aromatic heterocycles. The summed E-state index contributed by atoms with van der Waals surface area (Å²) in [5.41, 5.74) is 15.0. The summed E-state index contributed by atoms with van der Waals surface area (Å²) in [5, 5.41) is 29.4. The molecule has 1 radical (unpaired) electrons. The van der Waals surface area contributed by atoms with Crippen molar-refractivity contribution in [1.29, 1.82) is 0 Å². The number of primary amides is 1. The van der Waals surface area contributed by atoms with Crippen LogP contribution in [0.5, 0.6) is 0 Å². The highest BCUT2D eigenvalue weighted by molar-refractivity contribution is 6.27. The van der Waals surface area contributed by atoms with Crippen LogP contribution in [0.1, 0.15) is 53.4 Å². The van der Waals surface area contributed by atoms with Gasteiger partial charge in [-0.1, -0.05) is 13.8 Å². The van der Waals surface area contributed by atoms with Crippen LogP contribution in [-0.2, 0) is 33.6 Å². The van der Waals surface area contributed by atoms with Crippen LogP contribution in [-0.4, -0.2) is 112 Å². The van der Waals surface area contributed by atoms with Crippen LogP contribution < -0.4 is 32.8 Å². The van der Waals surface area contributed by atoms with Crippen LogP contribution in [0.4, 0.5) is 0 Å². The topological polar surface area (TPSA) is 273 Å². The van der Waals surface area contributed by atoms with Gasteiger partial charge < -0.3 is 36.8 Å². The Morgan fingerprint density at radius 2 is 1.62 bits per heavy atom. The average Bonchev–Trinajstić information content (AvgIpc) is 3.39. The quantitative estimate of drug-likeness (QED) is 0.0675. The molecule has 1 heterocycles. The summed E-state index contributed by atoms with van der Waals surface area (Å²) in [5.74, 6) is -5.62. The summed E-state index contributed by atoms with van der Waals surface area (Å²) in [6.07, 6.45) is -0.292. The van der Waals surface area contributed by atoms with Crippen LogP contribution in [0.2, 0.25) is 0 Å². The van der Waals surface area contributed by atoms with Crippen molar-refractivity contribution in [1.82, 2.24) is 32.0 Å². The molecule has 235 valence electrons. The lowest BCUT2D eigenvalue weighted by Crippen LogP contribution is -2.56. The molecule has 9 N–H and O–H groups in total. The van der Waals surface area contributed by atoms with Crippen molar-refractivity contribution in [3.63, 3.8) is 0 Å². The molecule has 1 rings (SSSR count). The van der Waals surface area contributed by atoms with Crippen LogP contribution >= 0.6 is 0 Å². The summed E-state index contributed by atoms with van der Waals surface area (Å²) in [7, 11) is 0. The number of hydrogen-bond acceptors (Lipinski definition) is 10. The number of hydrogen-bond donors (Lipinski definition) is 7. The lowest BCUT2D eigenvalue weighted by atomic mass is 10.0. The van der Waals surface area contributed by atoms with Gasteiger partial charge in [-0.25, -0.2) is 11.2 Å². The minimum Gasteiger partial charge on any atom is -0.394 e. The second kappa shape index (κ2) is 17.1. The number of ketones is 1. The molecule has 6 atom stereocenters. The van der Waals surface area contributed by atoms with Gasteiger partial charge in [0.2, 0.25) is 23.6 Å². The minimum absolute atomic E-state index is 0.101. The standard InChI is InChI=1S/C25H41N8O9/c1-12(2)8-15(29-22(39)16(9-19(26)37)30-25(42)21(27)14(4)36)23(40)32-28-10-20(38)33-7-5-6-18(33)24(41)31-17(11-34)13(3)35/h10,12,14-18,21,27,34,36H,5-9,11H2,1-4H3,(H2,26,37)(H,29,39)(H,30,42)(H,31,41)(H,32,40)/b28-10+/t14-,15-,16-,17-,18-,21-/m0/s1. The Morgan fingerprint density at radius 3 is 2.14 bits per heavy atom. The number of Topliss-reactive ketones (excluding diaryl/α,β-unsaturated/α-hetero) is 1. The van der Waals surface area contributed by atoms with Gasteiger partial charge in [0.05, 0.1) is 19.1 Å². The zero-order valence-corrected chi connectivity index (χ0v) is 24.1. The molecule has 1 aliphatic heterocycles. The Hall–Kier alpha value is -3.96. The van der Waals surface area contributed by atoms with E-state index in [1.165, 1.54) is 18.7 Å². The number of carbonyl (C=O) groups excluding carboxylic acids is 7. The molecule has 0 saturated carbocycles. The van der Waals surface area contributed by atoms with Gasteiger partial charge in [-0.2, -0.15) is 5.10 Å². The van der Waals surface area contributed by atoms with Crippen LogP contribution in [0, 0.1) is 5.92 Å². The van der Waals surface area contributed by atoms with Gasteiger partial charge in [-0.15, -0.1) is 0 Å².